The molecule has 2 unspecified atom stereocenters. The van der Waals surface area contributed by atoms with Crippen LogP contribution in [0.4, 0.5) is 5.69 Å². The first kappa shape index (κ1) is 31.0. The summed E-state index contributed by atoms with van der Waals surface area (Å²) < 4.78 is 6.96. The zero-order valence-electron chi connectivity index (χ0n) is 24.8. The Morgan fingerprint density at radius 3 is 2.41 bits per heavy atom. The number of aliphatic hydroxyl groups excluding tert-OH is 1. The van der Waals surface area contributed by atoms with Crippen LogP contribution in [0.25, 0.3) is 0 Å². The van der Waals surface area contributed by atoms with E-state index in [-0.39, 0.29) is 24.3 Å². The average Bonchev–Trinajstić information content (AvgIpc) is 3.59. The molecule has 4 rings (SSSR count). The lowest BCUT2D eigenvalue weighted by Gasteiger charge is -2.37. The van der Waals surface area contributed by atoms with Crippen molar-refractivity contribution >= 4 is 23.4 Å². The zero-order chi connectivity index (χ0) is 29.6. The van der Waals surface area contributed by atoms with E-state index < -0.39 is 29.1 Å². The number of carbonyl (C=O) groups is 3. The molecule has 0 aliphatic carbocycles. The highest BCUT2D eigenvalue weighted by atomic mass is 16.5. The Morgan fingerprint density at radius 1 is 1.05 bits per heavy atom. The Bertz CT molecular complexity index is 1110. The number of ether oxygens (including phenoxy) is 1. The van der Waals surface area contributed by atoms with Crippen LogP contribution in [0.15, 0.2) is 55.6 Å². The molecule has 1 N–H and O–H groups in total. The SMILES string of the molecule is C=CCN(CCCC)C(=O)C1N(CCCCCO)C(=O)[C@@H]2[C@H](C(=O)N(CC=C)c3ccccc3)[C@]3(CC)CCC12O3. The summed E-state index contributed by atoms with van der Waals surface area (Å²) in [7, 11) is 0. The highest BCUT2D eigenvalue weighted by Gasteiger charge is 2.79. The number of hydrogen-bond donors (Lipinski definition) is 1. The van der Waals surface area contributed by atoms with Gasteiger partial charge in [0.1, 0.15) is 11.6 Å². The number of unbranched alkanes of at least 4 members (excludes halogenated alkanes) is 3. The molecule has 1 aromatic rings. The van der Waals surface area contributed by atoms with Crippen LogP contribution in [0.2, 0.25) is 0 Å². The zero-order valence-corrected chi connectivity index (χ0v) is 24.8. The number of para-hydroxylation sites is 1. The standard InChI is InChI=1S/C33H47N3O5/c1-5-9-22-34(20-6-2)31(40)28-33-19-18-32(8-4,41-33)26(27(33)30(39)36(28)23-14-11-15-24-37)29(38)35(21-7-3)25-16-12-10-13-17-25/h6-7,10,12-13,16-17,26-28,37H,2-3,5,8-9,11,14-15,18-24H2,1,4H3/t26-,27+,28?,32+,33?/m1/s1. The summed E-state index contributed by atoms with van der Waals surface area (Å²) in [6.45, 7) is 13.6. The molecule has 3 amide bonds. The van der Waals surface area contributed by atoms with Gasteiger partial charge in [0.05, 0.1) is 17.4 Å². The number of fused-ring (bicyclic) bond motifs is 1. The van der Waals surface area contributed by atoms with Crippen molar-refractivity contribution in [3.63, 3.8) is 0 Å². The Kier molecular flexibility index (Phi) is 10.1. The van der Waals surface area contributed by atoms with Crippen LogP contribution >= 0.6 is 0 Å². The molecule has 8 heteroatoms. The Morgan fingerprint density at radius 2 is 1.78 bits per heavy atom. The predicted octanol–water partition coefficient (Wildman–Crippen LogP) is 4.34. The van der Waals surface area contributed by atoms with E-state index in [9.17, 15) is 19.5 Å². The topological polar surface area (TPSA) is 90.4 Å². The third-order valence-corrected chi connectivity index (χ3v) is 9.33. The van der Waals surface area contributed by atoms with Crippen LogP contribution < -0.4 is 4.90 Å². The van der Waals surface area contributed by atoms with Gasteiger partial charge in [0, 0.05) is 38.5 Å². The third-order valence-electron chi connectivity index (χ3n) is 9.33. The number of hydrogen-bond acceptors (Lipinski definition) is 5. The minimum Gasteiger partial charge on any atom is -0.396 e. The van der Waals surface area contributed by atoms with E-state index in [1.165, 1.54) is 0 Å². The van der Waals surface area contributed by atoms with Gasteiger partial charge in [0.2, 0.25) is 17.7 Å². The fourth-order valence-corrected chi connectivity index (χ4v) is 7.38. The van der Waals surface area contributed by atoms with Gasteiger partial charge in [0.25, 0.3) is 0 Å². The second-order valence-electron chi connectivity index (χ2n) is 11.6. The highest BCUT2D eigenvalue weighted by molar-refractivity contribution is 6.03. The monoisotopic (exact) mass is 565 g/mol. The maximum Gasteiger partial charge on any atom is 0.248 e. The fraction of sp³-hybridized carbons (Fsp3) is 0.606. The lowest BCUT2D eigenvalue weighted by Crippen LogP contribution is -2.56. The number of benzene rings is 1. The number of aliphatic hydroxyl groups is 1. The molecule has 0 saturated carbocycles. The average molecular weight is 566 g/mol. The number of rotatable bonds is 16. The molecule has 0 aromatic heterocycles. The molecule has 1 spiro atoms. The van der Waals surface area contributed by atoms with Gasteiger partial charge in [0.15, 0.2) is 0 Å². The van der Waals surface area contributed by atoms with Crippen LogP contribution in [-0.4, -0.2) is 82.7 Å². The van der Waals surface area contributed by atoms with Crippen LogP contribution in [-0.2, 0) is 19.1 Å². The van der Waals surface area contributed by atoms with Crippen LogP contribution in [0.5, 0.6) is 0 Å². The van der Waals surface area contributed by atoms with Crippen molar-refractivity contribution < 1.29 is 24.2 Å². The van der Waals surface area contributed by atoms with Gasteiger partial charge < -0.3 is 24.5 Å². The summed E-state index contributed by atoms with van der Waals surface area (Å²) >= 11 is 0. The van der Waals surface area contributed by atoms with Crippen molar-refractivity contribution in [1.29, 1.82) is 0 Å². The summed E-state index contributed by atoms with van der Waals surface area (Å²) in [6.07, 6.45) is 9.03. The number of likely N-dealkylation sites (tertiary alicyclic amines) is 1. The Balaban J connectivity index is 1.77. The molecule has 2 bridgehead atoms. The van der Waals surface area contributed by atoms with E-state index in [1.807, 2.05) is 37.3 Å². The largest absolute Gasteiger partial charge is 0.396 e. The Hall–Kier alpha value is -2.97. The van der Waals surface area contributed by atoms with Crippen molar-refractivity contribution in [2.24, 2.45) is 11.8 Å². The Labute approximate surface area is 245 Å². The van der Waals surface area contributed by atoms with Gasteiger partial charge >= 0.3 is 0 Å². The fourth-order valence-electron chi connectivity index (χ4n) is 7.38. The summed E-state index contributed by atoms with van der Waals surface area (Å²) in [5.74, 6) is -1.87. The second-order valence-corrected chi connectivity index (χ2v) is 11.6. The van der Waals surface area contributed by atoms with Crippen molar-refractivity contribution in [3.8, 4) is 0 Å². The molecule has 3 heterocycles. The summed E-state index contributed by atoms with van der Waals surface area (Å²) in [4.78, 5) is 48.6. The van der Waals surface area contributed by atoms with Gasteiger partial charge in [-0.1, -0.05) is 50.6 Å². The van der Waals surface area contributed by atoms with E-state index in [0.29, 0.717) is 58.3 Å². The molecular formula is C33H47N3O5. The second kappa shape index (κ2) is 13.3. The molecule has 0 radical (unpaired) electrons. The van der Waals surface area contributed by atoms with E-state index in [1.54, 1.807) is 26.9 Å². The third kappa shape index (κ3) is 5.48. The van der Waals surface area contributed by atoms with Crippen molar-refractivity contribution in [2.45, 2.75) is 82.5 Å². The summed E-state index contributed by atoms with van der Waals surface area (Å²) in [5, 5.41) is 9.30. The molecular weight excluding hydrogens is 518 g/mol. The van der Waals surface area contributed by atoms with Crippen molar-refractivity contribution in [2.75, 3.05) is 37.7 Å². The maximum absolute atomic E-state index is 14.5. The smallest absolute Gasteiger partial charge is 0.248 e. The van der Waals surface area contributed by atoms with E-state index >= 15 is 0 Å². The first-order valence-electron chi connectivity index (χ1n) is 15.3. The minimum atomic E-state index is -1.05. The molecule has 1 aromatic carbocycles. The van der Waals surface area contributed by atoms with Gasteiger partial charge in [-0.2, -0.15) is 0 Å². The van der Waals surface area contributed by atoms with Gasteiger partial charge in [-0.15, -0.1) is 13.2 Å². The number of amides is 3. The van der Waals surface area contributed by atoms with Gasteiger partial charge in [-0.3, -0.25) is 14.4 Å². The van der Waals surface area contributed by atoms with E-state index in [4.69, 9.17) is 4.74 Å². The number of nitrogens with zero attached hydrogens (tertiary/aromatic N) is 3. The molecule has 5 atom stereocenters. The summed E-state index contributed by atoms with van der Waals surface area (Å²) in [5.41, 5.74) is -1.11. The van der Waals surface area contributed by atoms with E-state index in [0.717, 1.165) is 24.9 Å². The first-order valence-corrected chi connectivity index (χ1v) is 15.3. The van der Waals surface area contributed by atoms with Crippen LogP contribution in [0.1, 0.15) is 65.2 Å². The molecule has 3 aliphatic rings. The normalized spacial score (nSPS) is 28.0. The number of carbonyl (C=O) groups excluding carboxylic acids is 3. The van der Waals surface area contributed by atoms with Crippen molar-refractivity contribution in [3.05, 3.63) is 55.6 Å². The molecule has 3 aliphatic heterocycles. The van der Waals surface area contributed by atoms with E-state index in [2.05, 4.69) is 20.1 Å². The van der Waals surface area contributed by atoms with Gasteiger partial charge in [-0.25, -0.2) is 0 Å². The predicted molar refractivity (Wildman–Crippen MR) is 160 cm³/mol. The lowest BCUT2D eigenvalue weighted by atomic mass is 9.64. The first-order chi connectivity index (χ1) is 19.9. The molecule has 8 nitrogen and oxygen atoms in total. The lowest BCUT2D eigenvalue weighted by molar-refractivity contribution is -0.152. The molecule has 3 saturated heterocycles. The minimum absolute atomic E-state index is 0.0876. The number of anilines is 1. The van der Waals surface area contributed by atoms with Crippen LogP contribution in [0.3, 0.4) is 0 Å². The quantitative estimate of drug-likeness (QED) is 0.238. The van der Waals surface area contributed by atoms with Crippen LogP contribution in [0, 0.1) is 11.8 Å². The highest BCUT2D eigenvalue weighted by Crippen LogP contribution is 2.64. The molecule has 3 fully saturated rings. The maximum atomic E-state index is 14.5. The molecule has 41 heavy (non-hydrogen) atoms. The summed E-state index contributed by atoms with van der Waals surface area (Å²) in [6, 6.07) is 8.67. The molecule has 224 valence electrons. The van der Waals surface area contributed by atoms with Crippen molar-refractivity contribution in [1.82, 2.24) is 9.80 Å². The van der Waals surface area contributed by atoms with Gasteiger partial charge in [-0.05, 0) is 57.1 Å².